The van der Waals surface area contributed by atoms with Crippen molar-refractivity contribution in [1.82, 2.24) is 25.4 Å². The van der Waals surface area contributed by atoms with Crippen molar-refractivity contribution in [2.75, 3.05) is 18.4 Å². The Bertz CT molecular complexity index is 1840. The van der Waals surface area contributed by atoms with Gasteiger partial charge in [0.2, 0.25) is 5.91 Å². The lowest BCUT2D eigenvalue weighted by molar-refractivity contribution is -0.111. The molecule has 0 fully saturated rings. The van der Waals surface area contributed by atoms with Crippen LogP contribution < -0.4 is 21.5 Å². The number of rotatable bonds is 7. The van der Waals surface area contributed by atoms with Gasteiger partial charge in [0, 0.05) is 35.4 Å². The Balaban J connectivity index is 1.48. The monoisotopic (exact) mass is 585 g/mol. The van der Waals surface area contributed by atoms with E-state index in [9.17, 15) is 9.59 Å². The van der Waals surface area contributed by atoms with Crippen LogP contribution in [0.15, 0.2) is 63.4 Å². The zero-order valence-electron chi connectivity index (χ0n) is 25.5. The van der Waals surface area contributed by atoms with Gasteiger partial charge in [-0.15, -0.1) is 0 Å². The van der Waals surface area contributed by atoms with Crippen LogP contribution in [0.1, 0.15) is 63.6 Å². The molecule has 10 nitrogen and oxygen atoms in total. The minimum Gasteiger partial charge on any atom is -0.344 e. The van der Waals surface area contributed by atoms with Crippen molar-refractivity contribution in [2.24, 2.45) is 16.3 Å². The predicted octanol–water partition coefficient (Wildman–Crippen LogP) is 4.23. The van der Waals surface area contributed by atoms with Gasteiger partial charge in [-0.3, -0.25) is 14.6 Å². The molecule has 1 unspecified atom stereocenters. The summed E-state index contributed by atoms with van der Waals surface area (Å²) >= 11 is 0. The maximum Gasteiger partial charge on any atom is 0.315 e. The minimum absolute atomic E-state index is 0.0286. The van der Waals surface area contributed by atoms with Gasteiger partial charge in [-0.05, 0) is 47.4 Å². The summed E-state index contributed by atoms with van der Waals surface area (Å²) in [7, 11) is 0. The lowest BCUT2D eigenvalue weighted by atomic mass is 9.74. The third-order valence-corrected chi connectivity index (χ3v) is 7.91. The van der Waals surface area contributed by atoms with Gasteiger partial charge in [0.25, 0.3) is 0 Å². The number of imidazole rings is 1. The van der Waals surface area contributed by atoms with E-state index in [-0.39, 0.29) is 29.7 Å². The fourth-order valence-electron chi connectivity index (χ4n) is 5.46. The Kier molecular flexibility index (Phi) is 7.53. The molecular formula is C32H36FN7O3. The summed E-state index contributed by atoms with van der Waals surface area (Å²) in [6.07, 6.45) is 2.75. The number of halogens is 1. The first-order valence-corrected chi connectivity index (χ1v) is 14.1. The predicted molar refractivity (Wildman–Crippen MR) is 161 cm³/mol. The van der Waals surface area contributed by atoms with Crippen LogP contribution in [0.3, 0.4) is 0 Å². The normalized spacial score (nSPS) is 17.7. The molecule has 2 aliphatic rings. The Morgan fingerprint density at radius 1 is 1.26 bits per heavy atom. The molecule has 5 rings (SSSR count). The molecule has 2 amide bonds. The van der Waals surface area contributed by atoms with Gasteiger partial charge in [-0.2, -0.15) is 4.98 Å². The topological polar surface area (TPSA) is 138 Å². The number of aromatic nitrogens is 4. The smallest absolute Gasteiger partial charge is 0.315 e. The van der Waals surface area contributed by atoms with Gasteiger partial charge in [0.05, 0.1) is 11.0 Å². The number of aryl methyl sites for hydroxylation is 1. The first-order valence-electron chi connectivity index (χ1n) is 14.1. The lowest BCUT2D eigenvalue weighted by Gasteiger charge is -2.31. The van der Waals surface area contributed by atoms with Crippen molar-refractivity contribution in [1.29, 1.82) is 0 Å². The number of fused-ring (bicyclic) bond motifs is 1. The summed E-state index contributed by atoms with van der Waals surface area (Å²) in [6, 6.07) is 5.59. The highest BCUT2D eigenvalue weighted by molar-refractivity contribution is 6.01. The summed E-state index contributed by atoms with van der Waals surface area (Å²) < 4.78 is 20.8. The molecule has 1 aliphatic heterocycles. The molecule has 0 saturated carbocycles. The van der Waals surface area contributed by atoms with Crippen LogP contribution >= 0.6 is 0 Å². The van der Waals surface area contributed by atoms with Crippen molar-refractivity contribution in [3.63, 3.8) is 0 Å². The number of carbonyl (C=O) groups is 2. The Morgan fingerprint density at radius 3 is 2.67 bits per heavy atom. The fourth-order valence-corrected chi connectivity index (χ4v) is 5.46. The third-order valence-electron chi connectivity index (χ3n) is 7.91. The summed E-state index contributed by atoms with van der Waals surface area (Å²) in [5.41, 5.74) is 3.75. The summed E-state index contributed by atoms with van der Waals surface area (Å²) in [6.45, 7) is 17.6. The molecule has 1 atom stereocenters. The van der Waals surface area contributed by atoms with Crippen molar-refractivity contribution >= 4 is 23.1 Å². The van der Waals surface area contributed by atoms with Gasteiger partial charge in [-0.1, -0.05) is 65.4 Å². The number of anilines is 1. The van der Waals surface area contributed by atoms with E-state index < -0.39 is 17.1 Å². The second-order valence-electron chi connectivity index (χ2n) is 12.5. The molecule has 2 aromatic heterocycles. The number of allylic oxidation sites excluding steroid dienone is 3. The van der Waals surface area contributed by atoms with Crippen LogP contribution in [0.4, 0.5) is 10.1 Å². The molecule has 0 spiro atoms. The van der Waals surface area contributed by atoms with Gasteiger partial charge in [-0.25, -0.2) is 9.37 Å². The highest BCUT2D eigenvalue weighted by Crippen LogP contribution is 2.48. The van der Waals surface area contributed by atoms with E-state index in [1.54, 1.807) is 6.07 Å². The van der Waals surface area contributed by atoms with E-state index in [0.717, 1.165) is 22.3 Å². The molecule has 1 aliphatic carbocycles. The molecule has 1 aromatic carbocycles. The standard InChI is InChI=1S/C32H36FN7O3/c1-9-22(41)36-21-12-10-11-16(2)24(21)26-37-25-23(17(3)14-34-27(25)38-26)18-13-20(33)19(32(18,7)8)15-35-28(42)29-39-30(40-43-29)31(4,5)6/h9-13,17H,1,14-15H2,2-8H3,(H,35,42)(H,36,41)(H,34,37,38). The van der Waals surface area contributed by atoms with Crippen LogP contribution in [-0.2, 0) is 10.2 Å². The molecule has 3 N–H and O–H groups in total. The van der Waals surface area contributed by atoms with Crippen molar-refractivity contribution in [3.8, 4) is 11.4 Å². The molecular weight excluding hydrogens is 549 g/mol. The second-order valence-corrected chi connectivity index (χ2v) is 12.5. The van der Waals surface area contributed by atoms with Crippen LogP contribution in [0.2, 0.25) is 0 Å². The van der Waals surface area contributed by atoms with Crippen LogP contribution in [0, 0.1) is 18.3 Å². The number of H-pyrrole nitrogens is 1. The van der Waals surface area contributed by atoms with E-state index in [4.69, 9.17) is 14.5 Å². The maximum absolute atomic E-state index is 15.6. The highest BCUT2D eigenvalue weighted by atomic mass is 19.1. The summed E-state index contributed by atoms with van der Waals surface area (Å²) in [4.78, 5) is 42.1. The third kappa shape index (κ3) is 5.47. The largest absolute Gasteiger partial charge is 0.344 e. The minimum atomic E-state index is -0.752. The zero-order valence-corrected chi connectivity index (χ0v) is 25.5. The average Bonchev–Trinajstić information content (AvgIpc) is 3.64. The average molecular weight is 586 g/mol. The van der Waals surface area contributed by atoms with E-state index in [2.05, 4.69) is 32.3 Å². The fraction of sp³-hybridized carbons (Fsp3) is 0.375. The van der Waals surface area contributed by atoms with Crippen molar-refractivity contribution < 1.29 is 18.5 Å². The Hall–Kier alpha value is -4.67. The van der Waals surface area contributed by atoms with Crippen molar-refractivity contribution in [2.45, 2.75) is 53.9 Å². The van der Waals surface area contributed by atoms with Crippen LogP contribution in [0.25, 0.3) is 17.0 Å². The Labute approximate surface area is 249 Å². The van der Waals surface area contributed by atoms with Crippen LogP contribution in [-0.4, -0.2) is 45.0 Å². The maximum atomic E-state index is 15.6. The number of amides is 2. The van der Waals surface area contributed by atoms with Gasteiger partial charge in [0.15, 0.2) is 11.3 Å². The SMILES string of the molecule is C=CC(=O)Nc1cccc(C)c1-c1nc2c([nH]1)=C(C1=CC(F)=C(CNC(=O)c3nc(C(C)(C)C)no3)C1(C)C)C(C)CN=2. The van der Waals surface area contributed by atoms with Crippen molar-refractivity contribution in [3.05, 3.63) is 82.0 Å². The number of nitrogens with one attached hydrogen (secondary N) is 3. The summed E-state index contributed by atoms with van der Waals surface area (Å²) in [5, 5.41) is 10.2. The number of nitrogens with zero attached hydrogens (tertiary/aromatic N) is 4. The van der Waals surface area contributed by atoms with Gasteiger partial charge < -0.3 is 20.1 Å². The molecule has 224 valence electrons. The van der Waals surface area contributed by atoms with Crippen LogP contribution in [0.5, 0.6) is 0 Å². The molecule has 0 radical (unpaired) electrons. The molecule has 0 saturated heterocycles. The van der Waals surface area contributed by atoms with E-state index in [0.29, 0.717) is 40.3 Å². The molecule has 0 bridgehead atoms. The first-order chi connectivity index (χ1) is 20.2. The summed E-state index contributed by atoms with van der Waals surface area (Å²) in [5.74, 6) is -0.538. The molecule has 3 heterocycles. The zero-order chi connectivity index (χ0) is 31.3. The number of carbonyl (C=O) groups excluding carboxylic acids is 2. The lowest BCUT2D eigenvalue weighted by Crippen LogP contribution is -2.38. The molecule has 43 heavy (non-hydrogen) atoms. The van der Waals surface area contributed by atoms with E-state index >= 15 is 4.39 Å². The molecule has 3 aromatic rings. The quantitative estimate of drug-likeness (QED) is 0.355. The van der Waals surface area contributed by atoms with Gasteiger partial charge in [0.1, 0.15) is 11.7 Å². The number of hydrogen-bond donors (Lipinski definition) is 3. The second kappa shape index (κ2) is 10.9. The van der Waals surface area contributed by atoms with E-state index in [1.807, 2.05) is 60.6 Å². The number of aromatic amines is 1. The first kappa shape index (κ1) is 29.8. The van der Waals surface area contributed by atoms with E-state index in [1.165, 1.54) is 12.2 Å². The number of benzene rings is 1. The molecule has 11 heteroatoms. The number of hydrogen-bond acceptors (Lipinski definition) is 7. The van der Waals surface area contributed by atoms with Gasteiger partial charge >= 0.3 is 11.8 Å². The Morgan fingerprint density at radius 2 is 2.00 bits per heavy atom. The highest BCUT2D eigenvalue weighted by Gasteiger charge is 2.40.